The molecule has 8 aromatic heterocycles. The predicted octanol–water partition coefficient (Wildman–Crippen LogP) is 19.6. The molecule has 4 atom stereocenters. The van der Waals surface area contributed by atoms with Gasteiger partial charge >= 0.3 is 0 Å². The third kappa shape index (κ3) is 18.7. The zero-order chi connectivity index (χ0) is 80.3. The Morgan fingerprint density at radius 2 is 0.694 bits per heavy atom. The van der Waals surface area contributed by atoms with Gasteiger partial charge in [0.15, 0.2) is 0 Å². The van der Waals surface area contributed by atoms with Crippen molar-refractivity contribution in [2.75, 3.05) is 21.3 Å². The van der Waals surface area contributed by atoms with Gasteiger partial charge in [-0.25, -0.2) is 39.3 Å². The normalized spacial score (nSPS) is 12.1. The summed E-state index contributed by atoms with van der Waals surface area (Å²) in [5.74, 6) is 4.10. The first-order valence-corrected chi connectivity index (χ1v) is 36.7. The first kappa shape index (κ1) is 81.1. The van der Waals surface area contributed by atoms with Crippen LogP contribution in [-0.2, 0) is 26.7 Å². The van der Waals surface area contributed by atoms with Crippen LogP contribution in [-0.4, -0.2) is 58.1 Å². The molecular weight excluding hydrogens is 1480 g/mol. The van der Waals surface area contributed by atoms with Crippen molar-refractivity contribution in [1.82, 2.24) is 58.1 Å². The molecule has 0 spiro atoms. The Hall–Kier alpha value is -12.4. The van der Waals surface area contributed by atoms with Crippen molar-refractivity contribution in [1.29, 1.82) is 0 Å². The summed E-state index contributed by atoms with van der Waals surface area (Å²) < 4.78 is 6.76. The molecule has 111 heavy (non-hydrogen) atoms. The molecule has 4 N–H and O–H groups in total. The fourth-order valence-corrected chi connectivity index (χ4v) is 13.7. The zero-order valence-corrected chi connectivity index (χ0v) is 66.2. The van der Waals surface area contributed by atoms with E-state index in [2.05, 4.69) is 101 Å². The molecule has 0 saturated carbocycles. The fourth-order valence-electron chi connectivity index (χ4n) is 12.7. The molecule has 0 radical (unpaired) electrons. The summed E-state index contributed by atoms with van der Waals surface area (Å²) in [6.07, 6.45) is 6.00. The lowest BCUT2D eigenvalue weighted by atomic mass is 9.95. The van der Waals surface area contributed by atoms with Gasteiger partial charge in [-0.05, 0) is 143 Å². The van der Waals surface area contributed by atoms with Crippen LogP contribution in [0.3, 0.4) is 0 Å². The first-order chi connectivity index (χ1) is 52.9. The lowest BCUT2D eigenvalue weighted by Crippen LogP contribution is -2.31. The van der Waals surface area contributed by atoms with Gasteiger partial charge in [0.05, 0.1) is 98.6 Å². The molecule has 0 fully saturated rings. The Kier molecular flexibility index (Phi) is 25.8. The van der Waals surface area contributed by atoms with Crippen molar-refractivity contribution < 1.29 is 0 Å². The van der Waals surface area contributed by atoms with E-state index in [0.29, 0.717) is 131 Å². The summed E-state index contributed by atoms with van der Waals surface area (Å²) >= 11 is 25.1. The van der Waals surface area contributed by atoms with Crippen LogP contribution in [0.15, 0.2) is 171 Å². The minimum absolute atomic E-state index is 0.111. The van der Waals surface area contributed by atoms with Crippen LogP contribution in [0, 0.1) is 59.4 Å². The highest BCUT2D eigenvalue weighted by molar-refractivity contribution is 6.36. The summed E-state index contributed by atoms with van der Waals surface area (Å²) in [4.78, 5) is 100.0. The maximum atomic E-state index is 13.5. The van der Waals surface area contributed by atoms with Crippen molar-refractivity contribution in [3.8, 4) is 0 Å². The number of benzene rings is 5. The summed E-state index contributed by atoms with van der Waals surface area (Å²) in [7, 11) is 1.71. The minimum atomic E-state index is -0.297. The van der Waals surface area contributed by atoms with E-state index in [1.165, 1.54) is 24.8 Å². The van der Waals surface area contributed by atoms with Crippen molar-refractivity contribution in [3.63, 3.8) is 0 Å². The number of hydrogen-bond donors (Lipinski definition) is 4. The molecule has 0 aliphatic heterocycles. The third-order valence-corrected chi connectivity index (χ3v) is 19.2. The SMILES string of the molecule is [C-]#[N+]c1cnc(C)nc1N[C@@H](C)c1cc2cccc(Cl)c2c(=O)n1C.[C-]#[N+]c1cnc(C)nc1N[C@@H](C)c1cc2cccc(Cl)c2c(=O)n1CC.[C-]#[N+]c1cnc(C)nc1N[C@@H](C)c1cc2cccc(Cl)c2c(=O)n1CC(C)(C)C.[C-]#[N+]c1cnc(C)nc1N[C@@H](C)c1cc2cccc(Cl)c2c(=O)n1Cc1ccccc1. The summed E-state index contributed by atoms with van der Waals surface area (Å²) in [5.41, 5.74) is 4.87. The minimum Gasteiger partial charge on any atom is -0.371 e. The molecule has 562 valence electrons. The first-order valence-electron chi connectivity index (χ1n) is 35.1. The highest BCUT2D eigenvalue weighted by Crippen LogP contribution is 2.35. The Labute approximate surface area is 661 Å². The smallest absolute Gasteiger partial charge is 0.260 e. The number of halogens is 4. The molecule has 0 amide bonds. The molecule has 24 nitrogen and oxygen atoms in total. The van der Waals surface area contributed by atoms with E-state index in [1.807, 2.05) is 138 Å². The second-order valence-corrected chi connectivity index (χ2v) is 29.0. The van der Waals surface area contributed by atoms with E-state index >= 15 is 0 Å². The lowest BCUT2D eigenvalue weighted by Gasteiger charge is -2.26. The van der Waals surface area contributed by atoms with E-state index in [-0.39, 0.29) is 51.8 Å². The topological polar surface area (TPSA) is 257 Å². The number of pyridine rings is 4. The van der Waals surface area contributed by atoms with Crippen molar-refractivity contribution in [3.05, 3.63) is 311 Å². The number of anilines is 4. The fraction of sp³-hybridized carbons (Fsp3) is 0.253. The maximum absolute atomic E-state index is 13.5. The van der Waals surface area contributed by atoms with Gasteiger partial charge in [0, 0.05) is 67.7 Å². The van der Waals surface area contributed by atoms with Gasteiger partial charge in [-0.15, -0.1) is 0 Å². The van der Waals surface area contributed by atoms with Crippen molar-refractivity contribution in [2.45, 2.75) is 127 Å². The van der Waals surface area contributed by atoms with Crippen LogP contribution in [0.5, 0.6) is 0 Å². The van der Waals surface area contributed by atoms with E-state index in [0.717, 1.165) is 49.9 Å². The van der Waals surface area contributed by atoms with Crippen molar-refractivity contribution >= 4 is 136 Å². The number of nitrogens with zero attached hydrogens (tertiary/aromatic N) is 16. The molecule has 28 heteroatoms. The molecule has 13 rings (SSSR count). The van der Waals surface area contributed by atoms with E-state index in [9.17, 15) is 19.2 Å². The average Bonchev–Trinajstić information content (AvgIpc) is 0.779. The van der Waals surface area contributed by atoms with Gasteiger partial charge in [0.2, 0.25) is 22.7 Å². The average molecular weight is 1560 g/mol. The van der Waals surface area contributed by atoms with E-state index in [1.54, 1.807) is 77.3 Å². The van der Waals surface area contributed by atoms with Crippen LogP contribution in [0.1, 0.15) is 131 Å². The van der Waals surface area contributed by atoms with Gasteiger partial charge in [-0.3, -0.25) is 39.1 Å². The molecule has 0 aliphatic carbocycles. The second kappa shape index (κ2) is 35.3. The van der Waals surface area contributed by atoms with E-state index in [4.69, 9.17) is 72.7 Å². The molecule has 8 heterocycles. The zero-order valence-electron chi connectivity index (χ0n) is 63.2. The summed E-state index contributed by atoms with van der Waals surface area (Å²) in [5, 5.41) is 20.0. The van der Waals surface area contributed by atoms with Gasteiger partial charge in [-0.2, -0.15) is 0 Å². The molecule has 0 bridgehead atoms. The molecule has 0 aliphatic rings. The maximum Gasteiger partial charge on any atom is 0.260 e. The number of rotatable bonds is 16. The summed E-state index contributed by atoms with van der Waals surface area (Å²) in [6.45, 7) is 53.7. The third-order valence-electron chi connectivity index (χ3n) is 18.0. The Morgan fingerprint density at radius 3 is 1.02 bits per heavy atom. The van der Waals surface area contributed by atoms with E-state index < -0.39 is 0 Å². The standard InChI is InChI=1S/C24H20ClN5O.C22H24ClN5O.C19H18ClN5O.C18H16ClN5O/c1-15(28-23-20(26-3)13-27-16(2)29-23)21-12-18-10-7-11-19(25)22(18)24(31)30(21)14-17-8-5-4-6-9-17;1-13(26-20-17(24-6)11-25-14(2)27-20)18-10-15-8-7-9-16(23)19(15)21(29)28(18)12-22(3,4)5;1-5-25-16(9-13-7-6-8-14(20)17(13)19(25)26)11(2)23-18-15(21-4)10-22-12(3)24-18;1-10(22-17-14(20-3)9-21-11(2)23-17)15-8-12-6-5-7-13(19)16(12)18(25)24(15)4/h4-13,15H,14H2,1-2H3,(H,27,28,29);7-11,13H,12H2,1-5H3,(H,25,26,27);6-11H,5H2,1-3H3,(H,22,23,24);5-10H,1-2,4H3,(H,21,22,23)/t15-;13-;11-;10-/m0000/s1. The Balaban J connectivity index is 0.000000158. The predicted molar refractivity (Wildman–Crippen MR) is 445 cm³/mol. The van der Waals surface area contributed by atoms with Crippen molar-refractivity contribution in [2.24, 2.45) is 12.5 Å². The highest BCUT2D eigenvalue weighted by Gasteiger charge is 2.25. The highest BCUT2D eigenvalue weighted by atomic mass is 35.5. The van der Waals surface area contributed by atoms with Crippen LogP contribution in [0.4, 0.5) is 46.0 Å². The van der Waals surface area contributed by atoms with Gasteiger partial charge in [-0.1, -0.05) is 146 Å². The summed E-state index contributed by atoms with van der Waals surface area (Å²) in [6, 6.07) is 38.3. The van der Waals surface area contributed by atoms with Crippen LogP contribution < -0.4 is 43.5 Å². The molecular formula is C83H78Cl4N20O4. The number of aryl methyl sites for hydroxylation is 4. The number of aromatic nitrogens is 12. The quantitative estimate of drug-likeness (QED) is 0.0656. The largest absolute Gasteiger partial charge is 0.371 e. The van der Waals surface area contributed by atoms with Gasteiger partial charge in [0.25, 0.3) is 22.2 Å². The second-order valence-electron chi connectivity index (χ2n) is 27.4. The Bertz CT molecular complexity index is 6170. The number of nitrogens with one attached hydrogen (secondary N) is 4. The number of hydrogen-bond acceptors (Lipinski definition) is 16. The molecule has 0 unspecified atom stereocenters. The molecule has 5 aromatic carbocycles. The van der Waals surface area contributed by atoms with Crippen LogP contribution >= 0.6 is 46.4 Å². The number of fused-ring (bicyclic) bond motifs is 4. The monoisotopic (exact) mass is 1560 g/mol. The molecule has 0 saturated heterocycles. The van der Waals surface area contributed by atoms with Gasteiger partial charge < -0.3 is 39.5 Å². The Morgan fingerprint density at radius 1 is 0.405 bits per heavy atom. The van der Waals surface area contributed by atoms with Gasteiger partial charge in [0.1, 0.15) is 46.6 Å². The lowest BCUT2D eigenvalue weighted by molar-refractivity contribution is 0.332. The molecule has 13 aromatic rings. The van der Waals surface area contributed by atoms with Crippen LogP contribution in [0.2, 0.25) is 20.1 Å². The van der Waals surface area contributed by atoms with Crippen LogP contribution in [0.25, 0.3) is 62.5 Å².